The molecule has 3 heterocycles. The molecule has 1 saturated heterocycles. The van der Waals surface area contributed by atoms with Crippen molar-refractivity contribution in [2.45, 2.75) is 31.8 Å². The number of carbonyl (C=O) groups is 1. The molecule has 0 saturated carbocycles. The van der Waals surface area contributed by atoms with Crippen molar-refractivity contribution in [2.24, 2.45) is 0 Å². The first-order valence-electron chi connectivity index (χ1n) is 6.50. The number of aliphatic hydroxyl groups excluding tert-OH is 2. The van der Waals surface area contributed by atoms with Crippen LogP contribution in [0.3, 0.4) is 0 Å². The number of nitrogens with one attached hydrogen (secondary N) is 1. The molecule has 9 heteroatoms. The molecular formula is C12H15N5O4. The van der Waals surface area contributed by atoms with E-state index in [2.05, 4.69) is 20.4 Å². The van der Waals surface area contributed by atoms with E-state index in [0.29, 0.717) is 23.3 Å². The predicted molar refractivity (Wildman–Crippen MR) is 71.2 cm³/mol. The first-order valence-corrected chi connectivity index (χ1v) is 6.50. The fourth-order valence-corrected chi connectivity index (χ4v) is 2.31. The first kappa shape index (κ1) is 13.9. The molecule has 112 valence electrons. The second-order valence-corrected chi connectivity index (χ2v) is 4.86. The van der Waals surface area contributed by atoms with Crippen molar-refractivity contribution in [2.75, 3.05) is 11.9 Å². The number of nitrogens with zero attached hydrogens (tertiary/aromatic N) is 4. The maximum absolute atomic E-state index is 11.2. The molecule has 0 bridgehead atoms. The Kier molecular flexibility index (Phi) is 3.53. The Morgan fingerprint density at radius 1 is 1.57 bits per heavy atom. The van der Waals surface area contributed by atoms with Crippen LogP contribution in [0, 0.1) is 0 Å². The van der Waals surface area contributed by atoms with Gasteiger partial charge in [0, 0.05) is 19.5 Å². The molecule has 1 amide bonds. The molecule has 0 spiro atoms. The molecule has 0 aliphatic carbocycles. The largest absolute Gasteiger partial charge is 0.394 e. The highest BCUT2D eigenvalue weighted by Gasteiger charge is 2.35. The molecule has 9 nitrogen and oxygen atoms in total. The fourth-order valence-electron chi connectivity index (χ4n) is 2.31. The average Bonchev–Trinajstić information content (AvgIpc) is 3.01. The predicted octanol–water partition coefficient (Wildman–Crippen LogP) is -0.575. The summed E-state index contributed by atoms with van der Waals surface area (Å²) in [7, 11) is 0. The molecule has 2 aromatic rings. The summed E-state index contributed by atoms with van der Waals surface area (Å²) in [6, 6.07) is 0. The quantitative estimate of drug-likeness (QED) is 0.692. The van der Waals surface area contributed by atoms with E-state index in [4.69, 9.17) is 9.84 Å². The van der Waals surface area contributed by atoms with Gasteiger partial charge in [0.1, 0.15) is 18.2 Å². The SMILES string of the molecule is CC(=O)Nc1ncnc2nn([C@@H]3C[C@H](O)[C@@H](CO)O3)cc12. The van der Waals surface area contributed by atoms with Crippen molar-refractivity contribution in [3.8, 4) is 0 Å². The average molecular weight is 293 g/mol. The van der Waals surface area contributed by atoms with Crippen molar-refractivity contribution < 1.29 is 19.7 Å². The number of hydrogen-bond acceptors (Lipinski definition) is 7. The molecule has 1 aliphatic rings. The van der Waals surface area contributed by atoms with Gasteiger partial charge in [0.25, 0.3) is 0 Å². The second kappa shape index (κ2) is 5.35. The third-order valence-electron chi connectivity index (χ3n) is 3.31. The number of aromatic nitrogens is 4. The number of fused-ring (bicyclic) bond motifs is 1. The lowest BCUT2D eigenvalue weighted by Gasteiger charge is -2.11. The van der Waals surface area contributed by atoms with Crippen molar-refractivity contribution in [1.29, 1.82) is 0 Å². The Morgan fingerprint density at radius 3 is 3.05 bits per heavy atom. The summed E-state index contributed by atoms with van der Waals surface area (Å²) >= 11 is 0. The summed E-state index contributed by atoms with van der Waals surface area (Å²) in [6.07, 6.45) is 1.43. The van der Waals surface area contributed by atoms with Gasteiger partial charge in [-0.2, -0.15) is 0 Å². The number of anilines is 1. The van der Waals surface area contributed by atoms with E-state index >= 15 is 0 Å². The molecular weight excluding hydrogens is 278 g/mol. The van der Waals surface area contributed by atoms with Crippen LogP contribution >= 0.6 is 0 Å². The third kappa shape index (κ3) is 2.58. The van der Waals surface area contributed by atoms with Gasteiger partial charge in [0.2, 0.25) is 5.91 Å². The van der Waals surface area contributed by atoms with Crippen LogP contribution in [-0.2, 0) is 9.53 Å². The molecule has 0 unspecified atom stereocenters. The Hall–Kier alpha value is -2.10. The normalized spacial score (nSPS) is 25.4. The van der Waals surface area contributed by atoms with Crippen LogP contribution in [-0.4, -0.2) is 54.7 Å². The van der Waals surface area contributed by atoms with Crippen LogP contribution in [0.2, 0.25) is 0 Å². The molecule has 2 aromatic heterocycles. The number of carbonyl (C=O) groups excluding carboxylic acids is 1. The zero-order chi connectivity index (χ0) is 15.0. The summed E-state index contributed by atoms with van der Waals surface area (Å²) in [4.78, 5) is 19.2. The lowest BCUT2D eigenvalue weighted by Crippen LogP contribution is -2.24. The molecule has 0 aromatic carbocycles. The van der Waals surface area contributed by atoms with Gasteiger partial charge >= 0.3 is 0 Å². The highest BCUT2D eigenvalue weighted by atomic mass is 16.5. The number of hydrogen-bond donors (Lipinski definition) is 3. The van der Waals surface area contributed by atoms with E-state index in [1.807, 2.05) is 0 Å². The summed E-state index contributed by atoms with van der Waals surface area (Å²) < 4.78 is 7.04. The first-order chi connectivity index (χ1) is 10.1. The van der Waals surface area contributed by atoms with E-state index in [1.165, 1.54) is 17.9 Å². The van der Waals surface area contributed by atoms with E-state index < -0.39 is 18.4 Å². The number of aliphatic hydroxyl groups is 2. The smallest absolute Gasteiger partial charge is 0.222 e. The van der Waals surface area contributed by atoms with Crippen molar-refractivity contribution in [1.82, 2.24) is 19.7 Å². The lowest BCUT2D eigenvalue weighted by atomic mass is 10.2. The van der Waals surface area contributed by atoms with Crippen LogP contribution in [0.4, 0.5) is 5.82 Å². The molecule has 3 rings (SSSR count). The Labute approximate surface area is 119 Å². The van der Waals surface area contributed by atoms with Crippen LogP contribution in [0.15, 0.2) is 12.5 Å². The molecule has 3 N–H and O–H groups in total. The minimum atomic E-state index is -0.742. The van der Waals surface area contributed by atoms with Crippen molar-refractivity contribution in [3.05, 3.63) is 12.5 Å². The van der Waals surface area contributed by atoms with E-state index in [9.17, 15) is 9.90 Å². The number of ether oxygens (including phenoxy) is 1. The van der Waals surface area contributed by atoms with E-state index in [-0.39, 0.29) is 12.5 Å². The number of rotatable bonds is 3. The van der Waals surface area contributed by atoms with Crippen LogP contribution < -0.4 is 5.32 Å². The standard InChI is InChI=1S/C12H15N5O4/c1-6(19)15-11-7-3-17(16-12(7)14-5-13-11)10-2-8(20)9(4-18)21-10/h3,5,8-10,18,20H,2,4H2,1H3,(H,13,14,15,16,19)/t8-,9+,10-/m0/s1. The number of amides is 1. The Balaban J connectivity index is 1.93. The molecule has 0 radical (unpaired) electrons. The minimum Gasteiger partial charge on any atom is -0.394 e. The van der Waals surface area contributed by atoms with Crippen molar-refractivity contribution >= 4 is 22.8 Å². The maximum atomic E-state index is 11.2. The maximum Gasteiger partial charge on any atom is 0.222 e. The monoisotopic (exact) mass is 293 g/mol. The lowest BCUT2D eigenvalue weighted by molar-refractivity contribution is -0.114. The molecule has 1 fully saturated rings. The van der Waals surface area contributed by atoms with Gasteiger partial charge in [0.15, 0.2) is 11.9 Å². The molecule has 3 atom stereocenters. The summed E-state index contributed by atoms with van der Waals surface area (Å²) in [6.45, 7) is 1.13. The second-order valence-electron chi connectivity index (χ2n) is 4.86. The minimum absolute atomic E-state index is 0.240. The van der Waals surface area contributed by atoms with Crippen LogP contribution in [0.25, 0.3) is 11.0 Å². The van der Waals surface area contributed by atoms with Gasteiger partial charge in [0.05, 0.1) is 18.1 Å². The fraction of sp³-hybridized carbons (Fsp3) is 0.500. The molecule has 21 heavy (non-hydrogen) atoms. The van der Waals surface area contributed by atoms with Gasteiger partial charge in [-0.3, -0.25) is 4.79 Å². The molecule has 1 aliphatic heterocycles. The van der Waals surface area contributed by atoms with E-state index in [0.717, 1.165) is 0 Å². The van der Waals surface area contributed by atoms with Gasteiger partial charge in [-0.05, 0) is 0 Å². The zero-order valence-corrected chi connectivity index (χ0v) is 11.3. The Bertz CT molecular complexity index is 673. The van der Waals surface area contributed by atoms with Crippen LogP contribution in [0.5, 0.6) is 0 Å². The van der Waals surface area contributed by atoms with Gasteiger partial charge in [-0.15, -0.1) is 5.10 Å². The highest BCUT2D eigenvalue weighted by Crippen LogP contribution is 2.30. The van der Waals surface area contributed by atoms with Gasteiger partial charge in [-0.25, -0.2) is 14.6 Å². The summed E-state index contributed by atoms with van der Waals surface area (Å²) in [5.74, 6) is 0.131. The van der Waals surface area contributed by atoms with E-state index in [1.54, 1.807) is 6.20 Å². The summed E-state index contributed by atoms with van der Waals surface area (Å²) in [5, 5.41) is 26.3. The zero-order valence-electron chi connectivity index (χ0n) is 11.3. The Morgan fingerprint density at radius 2 is 2.38 bits per heavy atom. The summed E-state index contributed by atoms with van der Waals surface area (Å²) in [5.41, 5.74) is 0.416. The van der Waals surface area contributed by atoms with Crippen molar-refractivity contribution in [3.63, 3.8) is 0 Å². The van der Waals surface area contributed by atoms with Gasteiger partial charge in [-0.1, -0.05) is 0 Å². The van der Waals surface area contributed by atoms with Gasteiger partial charge < -0.3 is 20.3 Å². The topological polar surface area (TPSA) is 122 Å². The van der Waals surface area contributed by atoms with Crippen LogP contribution in [0.1, 0.15) is 19.6 Å². The highest BCUT2D eigenvalue weighted by molar-refractivity contribution is 5.96. The third-order valence-corrected chi connectivity index (χ3v) is 3.31.